The predicted molar refractivity (Wildman–Crippen MR) is 96.0 cm³/mol. The summed E-state index contributed by atoms with van der Waals surface area (Å²) in [7, 11) is 0. The number of ether oxygens (including phenoxy) is 1. The normalized spacial score (nSPS) is 14.5. The quantitative estimate of drug-likeness (QED) is 0.839. The third-order valence-electron chi connectivity index (χ3n) is 4.12. The first-order valence-electron chi connectivity index (χ1n) is 8.23. The first-order chi connectivity index (χ1) is 12.0. The van der Waals surface area contributed by atoms with Crippen molar-refractivity contribution in [1.29, 1.82) is 0 Å². The van der Waals surface area contributed by atoms with Gasteiger partial charge in [0.25, 0.3) is 11.8 Å². The van der Waals surface area contributed by atoms with Gasteiger partial charge in [-0.05, 0) is 26.0 Å². The van der Waals surface area contributed by atoms with Gasteiger partial charge in [0.05, 0.1) is 10.7 Å². The molecule has 1 aliphatic rings. The van der Waals surface area contributed by atoms with Gasteiger partial charge < -0.3 is 14.5 Å². The fraction of sp³-hybridized carbons (Fsp3) is 0.389. The minimum absolute atomic E-state index is 0.00994. The Morgan fingerprint density at radius 2 is 1.72 bits per heavy atom. The van der Waals surface area contributed by atoms with Crippen LogP contribution in [0.25, 0.3) is 0 Å². The second-order valence-electron chi connectivity index (χ2n) is 5.92. The van der Waals surface area contributed by atoms with Crippen LogP contribution >= 0.6 is 11.3 Å². The van der Waals surface area contributed by atoms with Crippen molar-refractivity contribution in [3.8, 4) is 5.75 Å². The van der Waals surface area contributed by atoms with Crippen LogP contribution in [0, 0.1) is 13.8 Å². The van der Waals surface area contributed by atoms with E-state index in [0.29, 0.717) is 36.8 Å². The molecule has 1 aromatic carbocycles. The van der Waals surface area contributed by atoms with Gasteiger partial charge in [0.2, 0.25) is 0 Å². The maximum Gasteiger partial charge on any atom is 0.265 e. The Morgan fingerprint density at radius 1 is 1.08 bits per heavy atom. The summed E-state index contributed by atoms with van der Waals surface area (Å²) in [5.74, 6) is 0.636. The van der Waals surface area contributed by atoms with Crippen LogP contribution in [-0.4, -0.2) is 59.4 Å². The molecule has 7 heteroatoms. The third-order valence-corrected chi connectivity index (χ3v) is 5.18. The summed E-state index contributed by atoms with van der Waals surface area (Å²) in [6, 6.07) is 9.28. The van der Waals surface area contributed by atoms with Gasteiger partial charge >= 0.3 is 0 Å². The molecule has 0 unspecified atom stereocenters. The molecule has 1 fully saturated rings. The number of carbonyl (C=O) groups is 2. The fourth-order valence-corrected chi connectivity index (χ4v) is 3.67. The van der Waals surface area contributed by atoms with E-state index >= 15 is 0 Å². The van der Waals surface area contributed by atoms with Gasteiger partial charge in [0.15, 0.2) is 6.61 Å². The van der Waals surface area contributed by atoms with E-state index in [0.717, 1.165) is 10.7 Å². The topological polar surface area (TPSA) is 62.7 Å². The molecule has 2 aromatic rings. The van der Waals surface area contributed by atoms with Crippen molar-refractivity contribution in [3.05, 3.63) is 45.9 Å². The summed E-state index contributed by atoms with van der Waals surface area (Å²) in [5, 5.41) is 0.896. The molecule has 2 amide bonds. The highest BCUT2D eigenvalue weighted by Gasteiger charge is 2.27. The first-order valence-corrected chi connectivity index (χ1v) is 9.05. The molecular formula is C18H21N3O3S. The van der Waals surface area contributed by atoms with Crippen LogP contribution in [0.2, 0.25) is 0 Å². The number of hydrogen-bond acceptors (Lipinski definition) is 5. The maximum absolute atomic E-state index is 12.6. The zero-order valence-corrected chi connectivity index (χ0v) is 15.2. The summed E-state index contributed by atoms with van der Waals surface area (Å²) in [5.41, 5.74) is 0.780. The molecule has 0 saturated carbocycles. The van der Waals surface area contributed by atoms with Gasteiger partial charge in [-0.3, -0.25) is 9.59 Å². The number of aromatic nitrogens is 1. The summed E-state index contributed by atoms with van der Waals surface area (Å²) < 4.78 is 5.50. The molecule has 0 bridgehead atoms. The molecule has 0 spiro atoms. The molecule has 1 saturated heterocycles. The van der Waals surface area contributed by atoms with Gasteiger partial charge in [0.1, 0.15) is 10.6 Å². The minimum atomic E-state index is -0.0548. The van der Waals surface area contributed by atoms with Crippen LogP contribution in [-0.2, 0) is 4.79 Å². The largest absolute Gasteiger partial charge is 0.484 e. The lowest BCUT2D eigenvalue weighted by atomic mass is 10.2. The second kappa shape index (κ2) is 7.65. The van der Waals surface area contributed by atoms with E-state index in [1.54, 1.807) is 9.80 Å². The van der Waals surface area contributed by atoms with Crippen molar-refractivity contribution < 1.29 is 14.3 Å². The van der Waals surface area contributed by atoms with E-state index in [9.17, 15) is 9.59 Å². The fourth-order valence-electron chi connectivity index (χ4n) is 2.79. The lowest BCUT2D eigenvalue weighted by Crippen LogP contribution is -2.51. The van der Waals surface area contributed by atoms with E-state index in [-0.39, 0.29) is 18.4 Å². The molecule has 2 heterocycles. The molecule has 0 atom stereocenters. The van der Waals surface area contributed by atoms with Crippen molar-refractivity contribution in [1.82, 2.24) is 14.8 Å². The zero-order chi connectivity index (χ0) is 17.8. The van der Waals surface area contributed by atoms with Crippen LogP contribution in [0.3, 0.4) is 0 Å². The standard InChI is InChI=1S/C18H21N3O3S/c1-13-17(25-14(2)19-13)18(23)21-10-8-20(9-11-21)16(22)12-24-15-6-4-3-5-7-15/h3-7H,8-12H2,1-2H3. The molecule has 0 radical (unpaired) electrons. The third kappa shape index (κ3) is 4.17. The van der Waals surface area contributed by atoms with Crippen molar-refractivity contribution in [3.63, 3.8) is 0 Å². The second-order valence-corrected chi connectivity index (χ2v) is 7.13. The highest BCUT2D eigenvalue weighted by molar-refractivity contribution is 7.13. The molecule has 3 rings (SSSR count). The predicted octanol–water partition coefficient (Wildman–Crippen LogP) is 2.12. The number of amides is 2. The van der Waals surface area contributed by atoms with Crippen LogP contribution in [0.4, 0.5) is 0 Å². The number of aryl methyl sites for hydroxylation is 2. The smallest absolute Gasteiger partial charge is 0.265 e. The Labute approximate surface area is 151 Å². The van der Waals surface area contributed by atoms with Gasteiger partial charge in [-0.25, -0.2) is 4.98 Å². The Hall–Kier alpha value is -2.41. The summed E-state index contributed by atoms with van der Waals surface area (Å²) in [4.78, 5) is 33.4. The van der Waals surface area contributed by atoms with Gasteiger partial charge in [-0.2, -0.15) is 0 Å². The Kier molecular flexibility index (Phi) is 5.33. The molecule has 0 N–H and O–H groups in total. The molecular weight excluding hydrogens is 338 g/mol. The Balaban J connectivity index is 1.50. The van der Waals surface area contributed by atoms with Crippen LogP contribution in [0.1, 0.15) is 20.4 Å². The molecule has 132 valence electrons. The molecule has 25 heavy (non-hydrogen) atoms. The van der Waals surface area contributed by atoms with E-state index in [2.05, 4.69) is 4.98 Å². The Bertz CT molecular complexity index is 752. The van der Waals surface area contributed by atoms with Crippen LogP contribution < -0.4 is 4.74 Å². The molecule has 1 aliphatic heterocycles. The van der Waals surface area contributed by atoms with Gasteiger partial charge in [0, 0.05) is 26.2 Å². The van der Waals surface area contributed by atoms with Crippen LogP contribution in [0.15, 0.2) is 30.3 Å². The van der Waals surface area contributed by atoms with Gasteiger partial charge in [-0.15, -0.1) is 11.3 Å². The molecule has 1 aromatic heterocycles. The van der Waals surface area contributed by atoms with Crippen molar-refractivity contribution in [2.75, 3.05) is 32.8 Å². The van der Waals surface area contributed by atoms with Crippen molar-refractivity contribution >= 4 is 23.2 Å². The number of nitrogens with zero attached hydrogens (tertiary/aromatic N) is 3. The number of rotatable bonds is 4. The summed E-state index contributed by atoms with van der Waals surface area (Å²) in [6.45, 7) is 5.90. The SMILES string of the molecule is Cc1nc(C)c(C(=O)N2CCN(C(=O)COc3ccccc3)CC2)s1. The first kappa shape index (κ1) is 17.4. The van der Waals surface area contributed by atoms with Crippen molar-refractivity contribution in [2.45, 2.75) is 13.8 Å². The van der Waals surface area contributed by atoms with E-state index in [1.807, 2.05) is 44.2 Å². The highest BCUT2D eigenvalue weighted by atomic mass is 32.1. The average molecular weight is 359 g/mol. The van der Waals surface area contributed by atoms with Crippen molar-refractivity contribution in [2.24, 2.45) is 0 Å². The minimum Gasteiger partial charge on any atom is -0.484 e. The summed E-state index contributed by atoms with van der Waals surface area (Å²) >= 11 is 1.43. The average Bonchev–Trinajstić information content (AvgIpc) is 2.98. The zero-order valence-electron chi connectivity index (χ0n) is 14.4. The number of carbonyl (C=O) groups excluding carboxylic acids is 2. The monoisotopic (exact) mass is 359 g/mol. The number of para-hydroxylation sites is 1. The van der Waals surface area contributed by atoms with E-state index < -0.39 is 0 Å². The number of hydrogen-bond donors (Lipinski definition) is 0. The molecule has 0 aliphatic carbocycles. The number of benzene rings is 1. The summed E-state index contributed by atoms with van der Waals surface area (Å²) in [6.07, 6.45) is 0. The number of piperazine rings is 1. The maximum atomic E-state index is 12.6. The van der Waals surface area contributed by atoms with E-state index in [1.165, 1.54) is 11.3 Å². The molecule has 6 nitrogen and oxygen atoms in total. The van der Waals surface area contributed by atoms with Crippen LogP contribution in [0.5, 0.6) is 5.75 Å². The Morgan fingerprint density at radius 3 is 2.32 bits per heavy atom. The number of thiazole rings is 1. The lowest BCUT2D eigenvalue weighted by molar-refractivity contribution is -0.134. The van der Waals surface area contributed by atoms with E-state index in [4.69, 9.17) is 4.74 Å². The lowest BCUT2D eigenvalue weighted by Gasteiger charge is -2.34. The highest BCUT2D eigenvalue weighted by Crippen LogP contribution is 2.20. The van der Waals surface area contributed by atoms with Gasteiger partial charge in [-0.1, -0.05) is 18.2 Å².